The summed E-state index contributed by atoms with van der Waals surface area (Å²) in [6, 6.07) is 5.22. The van der Waals surface area contributed by atoms with Crippen LogP contribution in [0.15, 0.2) is 30.6 Å². The third kappa shape index (κ3) is 1.79. The highest BCUT2D eigenvalue weighted by atomic mass is 16.5. The summed E-state index contributed by atoms with van der Waals surface area (Å²) in [7, 11) is 1.35. The first-order valence-corrected chi connectivity index (χ1v) is 4.78. The summed E-state index contributed by atoms with van der Waals surface area (Å²) in [6.07, 6.45) is 3.46. The number of pyridine rings is 1. The van der Waals surface area contributed by atoms with Crippen molar-refractivity contribution in [3.8, 4) is 5.82 Å². The van der Waals surface area contributed by atoms with Gasteiger partial charge >= 0.3 is 5.97 Å². The van der Waals surface area contributed by atoms with E-state index in [1.807, 2.05) is 6.07 Å². The van der Waals surface area contributed by atoms with Crippen LogP contribution in [0.3, 0.4) is 0 Å². The average Bonchev–Trinajstić information content (AvgIpc) is 2.81. The van der Waals surface area contributed by atoms with Crippen LogP contribution in [0.5, 0.6) is 0 Å². The lowest BCUT2D eigenvalue weighted by molar-refractivity contribution is 0.0599. The molecule has 0 saturated carbocycles. The lowest BCUT2D eigenvalue weighted by Crippen LogP contribution is -2.07. The Morgan fingerprint density at radius 2 is 2.25 bits per heavy atom. The molecule has 0 aliphatic carbocycles. The Morgan fingerprint density at radius 1 is 1.44 bits per heavy atom. The van der Waals surface area contributed by atoms with Crippen molar-refractivity contribution in [3.63, 3.8) is 0 Å². The zero-order chi connectivity index (χ0) is 11.5. The molecule has 0 radical (unpaired) electrons. The zero-order valence-electron chi connectivity index (χ0n) is 9.04. The van der Waals surface area contributed by atoms with Crippen molar-refractivity contribution in [2.45, 2.75) is 6.92 Å². The van der Waals surface area contributed by atoms with E-state index in [1.165, 1.54) is 7.11 Å². The third-order valence-corrected chi connectivity index (χ3v) is 2.22. The van der Waals surface area contributed by atoms with Crippen molar-refractivity contribution in [2.75, 3.05) is 7.11 Å². The first kappa shape index (κ1) is 10.4. The molecule has 2 rings (SSSR count). The van der Waals surface area contributed by atoms with Crippen LogP contribution < -0.4 is 0 Å². The van der Waals surface area contributed by atoms with Gasteiger partial charge in [-0.3, -0.25) is 0 Å². The molecular weight excluding hydrogens is 206 g/mol. The van der Waals surface area contributed by atoms with Crippen molar-refractivity contribution in [1.82, 2.24) is 14.8 Å². The maximum absolute atomic E-state index is 11.3. The van der Waals surface area contributed by atoms with Gasteiger partial charge in [0.05, 0.1) is 18.4 Å². The Morgan fingerprint density at radius 3 is 2.81 bits per heavy atom. The molecule has 0 bridgehead atoms. The molecule has 0 atom stereocenters. The van der Waals surface area contributed by atoms with Crippen LogP contribution in [0.1, 0.15) is 16.1 Å². The number of nitrogens with zero attached hydrogens (tertiary/aromatic N) is 3. The fourth-order valence-corrected chi connectivity index (χ4v) is 1.41. The normalized spacial score (nSPS) is 10.1. The first-order valence-electron chi connectivity index (χ1n) is 4.78. The third-order valence-electron chi connectivity index (χ3n) is 2.22. The SMILES string of the molecule is COC(=O)c1ccc(-n2cccn2)nc1C. The number of hydrogen-bond donors (Lipinski definition) is 0. The minimum atomic E-state index is -0.378. The van der Waals surface area contributed by atoms with Crippen LogP contribution in [0.4, 0.5) is 0 Å². The second kappa shape index (κ2) is 4.14. The van der Waals surface area contributed by atoms with E-state index in [4.69, 9.17) is 0 Å². The zero-order valence-corrected chi connectivity index (χ0v) is 9.04. The Bertz CT molecular complexity index is 506. The van der Waals surface area contributed by atoms with Gasteiger partial charge in [-0.15, -0.1) is 0 Å². The van der Waals surface area contributed by atoms with Gasteiger partial charge in [0.2, 0.25) is 0 Å². The Hall–Kier alpha value is -2.17. The Labute approximate surface area is 92.7 Å². The van der Waals surface area contributed by atoms with E-state index in [1.54, 1.807) is 36.1 Å². The molecule has 2 aromatic heterocycles. The minimum Gasteiger partial charge on any atom is -0.465 e. The fraction of sp³-hybridized carbons (Fsp3) is 0.182. The van der Waals surface area contributed by atoms with Gasteiger partial charge in [0.15, 0.2) is 5.82 Å². The van der Waals surface area contributed by atoms with Crippen LogP contribution in [0.2, 0.25) is 0 Å². The molecule has 2 heterocycles. The fourth-order valence-electron chi connectivity index (χ4n) is 1.41. The van der Waals surface area contributed by atoms with Crippen LogP contribution in [-0.2, 0) is 4.74 Å². The van der Waals surface area contributed by atoms with Crippen LogP contribution in [0, 0.1) is 6.92 Å². The van der Waals surface area contributed by atoms with E-state index in [0.29, 0.717) is 17.1 Å². The van der Waals surface area contributed by atoms with E-state index < -0.39 is 0 Å². The molecule has 0 fully saturated rings. The topological polar surface area (TPSA) is 57.0 Å². The van der Waals surface area contributed by atoms with Gasteiger partial charge in [0.1, 0.15) is 0 Å². The quantitative estimate of drug-likeness (QED) is 0.713. The van der Waals surface area contributed by atoms with Gasteiger partial charge in [0.25, 0.3) is 0 Å². The van der Waals surface area contributed by atoms with E-state index in [0.717, 1.165) is 0 Å². The number of aromatic nitrogens is 3. The standard InChI is InChI=1S/C11H11N3O2/c1-8-9(11(15)16-2)4-5-10(13-8)14-7-3-6-12-14/h3-7H,1-2H3. The number of aryl methyl sites for hydroxylation is 1. The number of rotatable bonds is 2. The first-order chi connectivity index (χ1) is 7.72. The molecule has 0 unspecified atom stereocenters. The lowest BCUT2D eigenvalue weighted by atomic mass is 10.2. The number of ether oxygens (including phenoxy) is 1. The van der Waals surface area contributed by atoms with Gasteiger partial charge < -0.3 is 4.74 Å². The van der Waals surface area contributed by atoms with E-state index in [-0.39, 0.29) is 5.97 Å². The maximum Gasteiger partial charge on any atom is 0.339 e. The molecule has 0 saturated heterocycles. The number of esters is 1. The number of carbonyl (C=O) groups excluding carboxylic acids is 1. The van der Waals surface area contributed by atoms with Crippen molar-refractivity contribution in [3.05, 3.63) is 41.9 Å². The van der Waals surface area contributed by atoms with E-state index in [2.05, 4.69) is 14.8 Å². The van der Waals surface area contributed by atoms with Crippen LogP contribution in [0.25, 0.3) is 5.82 Å². The Kier molecular flexibility index (Phi) is 2.68. The van der Waals surface area contributed by atoms with Crippen molar-refractivity contribution >= 4 is 5.97 Å². The summed E-state index contributed by atoms with van der Waals surface area (Å²) in [5, 5.41) is 4.06. The molecule has 0 amide bonds. The molecule has 16 heavy (non-hydrogen) atoms. The molecule has 0 aliphatic heterocycles. The highest BCUT2D eigenvalue weighted by Crippen LogP contribution is 2.10. The van der Waals surface area contributed by atoms with E-state index in [9.17, 15) is 4.79 Å². The molecule has 5 heteroatoms. The highest BCUT2D eigenvalue weighted by molar-refractivity contribution is 5.90. The molecule has 0 spiro atoms. The van der Waals surface area contributed by atoms with Crippen molar-refractivity contribution < 1.29 is 9.53 Å². The second-order valence-corrected chi connectivity index (χ2v) is 3.24. The number of methoxy groups -OCH3 is 1. The summed E-state index contributed by atoms with van der Waals surface area (Å²) in [5.41, 5.74) is 1.10. The maximum atomic E-state index is 11.3. The summed E-state index contributed by atoms with van der Waals surface area (Å²) in [5.74, 6) is 0.298. The van der Waals surface area contributed by atoms with Crippen molar-refractivity contribution in [1.29, 1.82) is 0 Å². The Balaban J connectivity index is 2.41. The summed E-state index contributed by atoms with van der Waals surface area (Å²) < 4.78 is 6.28. The smallest absolute Gasteiger partial charge is 0.339 e. The van der Waals surface area contributed by atoms with Crippen LogP contribution >= 0.6 is 0 Å². The molecule has 0 aliphatic rings. The summed E-state index contributed by atoms with van der Waals surface area (Å²) in [6.45, 7) is 1.76. The average molecular weight is 217 g/mol. The monoisotopic (exact) mass is 217 g/mol. The van der Waals surface area contributed by atoms with Gasteiger partial charge in [-0.05, 0) is 25.1 Å². The minimum absolute atomic E-state index is 0.378. The molecule has 0 aromatic carbocycles. The number of hydrogen-bond acceptors (Lipinski definition) is 4. The van der Waals surface area contributed by atoms with Gasteiger partial charge in [-0.2, -0.15) is 5.10 Å². The molecule has 82 valence electrons. The molecular formula is C11H11N3O2. The molecule has 2 aromatic rings. The summed E-state index contributed by atoms with van der Waals surface area (Å²) >= 11 is 0. The largest absolute Gasteiger partial charge is 0.465 e. The van der Waals surface area contributed by atoms with Crippen LogP contribution in [-0.4, -0.2) is 27.8 Å². The molecule has 5 nitrogen and oxygen atoms in total. The summed E-state index contributed by atoms with van der Waals surface area (Å²) in [4.78, 5) is 15.6. The lowest BCUT2D eigenvalue weighted by Gasteiger charge is -2.05. The second-order valence-electron chi connectivity index (χ2n) is 3.24. The number of carbonyl (C=O) groups is 1. The van der Waals surface area contributed by atoms with Gasteiger partial charge in [0, 0.05) is 12.4 Å². The van der Waals surface area contributed by atoms with Crippen molar-refractivity contribution in [2.24, 2.45) is 0 Å². The predicted molar refractivity (Wildman–Crippen MR) is 57.4 cm³/mol. The van der Waals surface area contributed by atoms with Gasteiger partial charge in [-0.1, -0.05) is 0 Å². The highest BCUT2D eigenvalue weighted by Gasteiger charge is 2.11. The molecule has 0 N–H and O–H groups in total. The van der Waals surface area contributed by atoms with Gasteiger partial charge in [-0.25, -0.2) is 14.5 Å². The van der Waals surface area contributed by atoms with E-state index >= 15 is 0 Å². The predicted octanol–water partition coefficient (Wildman–Crippen LogP) is 1.36.